The summed E-state index contributed by atoms with van der Waals surface area (Å²) < 4.78 is 25.4. The minimum atomic E-state index is -0.685. The van der Waals surface area contributed by atoms with E-state index in [1.54, 1.807) is 37.4 Å². The van der Waals surface area contributed by atoms with E-state index < -0.39 is 23.0 Å². The quantitative estimate of drug-likeness (QED) is 0.326. The van der Waals surface area contributed by atoms with Gasteiger partial charge in [0.15, 0.2) is 11.6 Å². The van der Waals surface area contributed by atoms with Crippen LogP contribution in [0.1, 0.15) is 17.3 Å². The number of nitrogens with zero attached hydrogens (tertiary/aromatic N) is 2. The molecule has 0 unspecified atom stereocenters. The Hall–Kier alpha value is -4.02. The average molecular weight is 526 g/mol. The van der Waals surface area contributed by atoms with Crippen molar-refractivity contribution < 1.29 is 18.7 Å². The van der Waals surface area contributed by atoms with Crippen LogP contribution in [0.25, 0.3) is 37.1 Å². The van der Waals surface area contributed by atoms with Crippen molar-refractivity contribution in [2.45, 2.75) is 6.92 Å². The highest BCUT2D eigenvalue weighted by Gasteiger charge is 2.19. The minimum absolute atomic E-state index is 0.00278. The number of carbonyl (C=O) groups excluding carboxylic acids is 1. The molecule has 11 heteroatoms. The molecule has 0 fully saturated rings. The van der Waals surface area contributed by atoms with Crippen LogP contribution in [0, 0.1) is 5.82 Å². The lowest BCUT2D eigenvalue weighted by Crippen LogP contribution is -2.33. The van der Waals surface area contributed by atoms with Gasteiger partial charge in [0.2, 0.25) is 0 Å². The van der Waals surface area contributed by atoms with Gasteiger partial charge in [-0.05, 0) is 37.3 Å². The second-order valence-electron chi connectivity index (χ2n) is 7.71. The molecule has 0 amide bonds. The number of aromatic nitrogens is 3. The first-order valence-electron chi connectivity index (χ1n) is 10.7. The molecule has 0 atom stereocenters. The van der Waals surface area contributed by atoms with E-state index in [1.807, 2.05) is 0 Å². The number of thiophene rings is 1. The highest BCUT2D eigenvalue weighted by atomic mass is 35.5. The van der Waals surface area contributed by atoms with E-state index in [-0.39, 0.29) is 33.3 Å². The molecule has 36 heavy (non-hydrogen) atoms. The molecular formula is C25H17ClFN3O5S. The molecule has 3 aromatic heterocycles. The van der Waals surface area contributed by atoms with Crippen molar-refractivity contribution in [1.82, 2.24) is 14.5 Å². The number of methoxy groups -OCH3 is 1. The second-order valence-corrected chi connectivity index (χ2v) is 9.17. The molecule has 0 spiro atoms. The summed E-state index contributed by atoms with van der Waals surface area (Å²) in [6, 6.07) is 8.99. The lowest BCUT2D eigenvalue weighted by molar-refractivity contribution is 0.0526. The van der Waals surface area contributed by atoms with Gasteiger partial charge in [-0.1, -0.05) is 17.7 Å². The fourth-order valence-corrected chi connectivity index (χ4v) is 5.28. The average Bonchev–Trinajstić information content (AvgIpc) is 3.28. The number of benzene rings is 2. The van der Waals surface area contributed by atoms with Gasteiger partial charge in [-0.2, -0.15) is 0 Å². The maximum Gasteiger partial charge on any atom is 0.338 e. The minimum Gasteiger partial charge on any atom is -0.494 e. The Morgan fingerprint density at radius 1 is 1.19 bits per heavy atom. The fourth-order valence-electron chi connectivity index (χ4n) is 3.90. The third kappa shape index (κ3) is 3.94. The summed E-state index contributed by atoms with van der Waals surface area (Å²) in [5.74, 6) is -1.14. The number of hydrogen-bond donors (Lipinski definition) is 1. The first kappa shape index (κ1) is 23.7. The van der Waals surface area contributed by atoms with Crippen molar-refractivity contribution in [3.05, 3.63) is 86.0 Å². The third-order valence-corrected chi connectivity index (χ3v) is 7.04. The van der Waals surface area contributed by atoms with Gasteiger partial charge in [0, 0.05) is 27.4 Å². The number of pyridine rings is 1. The molecule has 0 aliphatic heterocycles. The molecule has 8 nitrogen and oxygen atoms in total. The van der Waals surface area contributed by atoms with Crippen molar-refractivity contribution in [1.29, 1.82) is 0 Å². The van der Waals surface area contributed by atoms with Crippen LogP contribution in [0.2, 0.25) is 5.02 Å². The summed E-state index contributed by atoms with van der Waals surface area (Å²) >= 11 is 7.35. The molecule has 0 bridgehead atoms. The van der Waals surface area contributed by atoms with Crippen molar-refractivity contribution in [2.75, 3.05) is 13.7 Å². The number of H-pyrrole nitrogens is 1. The molecule has 0 radical (unpaired) electrons. The van der Waals surface area contributed by atoms with E-state index in [9.17, 15) is 18.8 Å². The summed E-state index contributed by atoms with van der Waals surface area (Å²) in [5, 5.41) is 1.24. The van der Waals surface area contributed by atoms with Crippen LogP contribution >= 0.6 is 22.9 Å². The number of fused-ring (bicyclic) bond motifs is 2. The van der Waals surface area contributed by atoms with Gasteiger partial charge >= 0.3 is 11.7 Å². The van der Waals surface area contributed by atoms with Crippen LogP contribution in [0.5, 0.6) is 5.75 Å². The van der Waals surface area contributed by atoms with Gasteiger partial charge < -0.3 is 14.5 Å². The van der Waals surface area contributed by atoms with Crippen LogP contribution in [-0.2, 0) is 4.74 Å². The summed E-state index contributed by atoms with van der Waals surface area (Å²) in [4.78, 5) is 46.3. The normalized spacial score (nSPS) is 11.2. The number of esters is 1. The standard InChI is InChI=1S/C25H17ClFN3O5S/c1-3-35-24(32)12-4-5-13-10-28-11-19(14(13)6-12)30-23(31)22-18(29-25(30)33)9-21(36-22)15-7-20(34-2)17(27)8-16(15)26/h4-11H,3H2,1-2H3,(H,29,33). The molecule has 2 aromatic carbocycles. The Morgan fingerprint density at radius 2 is 2.00 bits per heavy atom. The Balaban J connectivity index is 1.72. The van der Waals surface area contributed by atoms with E-state index in [0.29, 0.717) is 26.7 Å². The number of rotatable bonds is 5. The third-order valence-electron chi connectivity index (χ3n) is 5.57. The van der Waals surface area contributed by atoms with Crippen LogP contribution < -0.4 is 16.0 Å². The van der Waals surface area contributed by atoms with Gasteiger partial charge in [0.25, 0.3) is 5.56 Å². The lowest BCUT2D eigenvalue weighted by Gasteiger charge is -2.09. The molecular weight excluding hydrogens is 509 g/mol. The van der Waals surface area contributed by atoms with Crippen LogP contribution in [0.15, 0.2) is 58.4 Å². The molecule has 0 saturated carbocycles. The highest BCUT2D eigenvalue weighted by Crippen LogP contribution is 2.38. The SMILES string of the molecule is CCOC(=O)c1ccc2cncc(-n3c(=O)[nH]c4cc(-c5cc(OC)c(F)cc5Cl)sc4c3=O)c2c1. The number of carbonyl (C=O) groups is 1. The number of nitrogens with one attached hydrogen (secondary N) is 1. The Morgan fingerprint density at radius 3 is 2.75 bits per heavy atom. The molecule has 0 aliphatic carbocycles. The highest BCUT2D eigenvalue weighted by molar-refractivity contribution is 7.22. The zero-order valence-corrected chi connectivity index (χ0v) is 20.5. The van der Waals surface area contributed by atoms with Crippen molar-refractivity contribution in [2.24, 2.45) is 0 Å². The predicted molar refractivity (Wildman–Crippen MR) is 136 cm³/mol. The van der Waals surface area contributed by atoms with Crippen LogP contribution in [0.4, 0.5) is 4.39 Å². The Kier molecular flexibility index (Phi) is 6.07. The summed E-state index contributed by atoms with van der Waals surface area (Å²) in [5.41, 5.74) is -0.0137. The van der Waals surface area contributed by atoms with Crippen LogP contribution in [0.3, 0.4) is 0 Å². The number of ether oxygens (including phenoxy) is 2. The topological polar surface area (TPSA) is 103 Å². The number of hydrogen-bond acceptors (Lipinski definition) is 7. The van der Waals surface area contributed by atoms with Crippen molar-refractivity contribution in [3.63, 3.8) is 0 Å². The van der Waals surface area contributed by atoms with Gasteiger partial charge in [-0.25, -0.2) is 18.5 Å². The molecule has 3 heterocycles. The number of halogens is 2. The molecule has 5 aromatic rings. The maximum absolute atomic E-state index is 14.0. The van der Waals surface area contributed by atoms with Gasteiger partial charge in [-0.15, -0.1) is 11.3 Å². The van der Waals surface area contributed by atoms with E-state index >= 15 is 0 Å². The van der Waals surface area contributed by atoms with Crippen molar-refractivity contribution in [3.8, 4) is 21.9 Å². The van der Waals surface area contributed by atoms with Crippen LogP contribution in [-0.4, -0.2) is 34.2 Å². The predicted octanol–water partition coefficient (Wildman–Crippen LogP) is 4.93. The van der Waals surface area contributed by atoms with E-state index in [1.165, 1.54) is 19.4 Å². The summed E-state index contributed by atoms with van der Waals surface area (Å²) in [6.45, 7) is 1.91. The maximum atomic E-state index is 14.0. The van der Waals surface area contributed by atoms with Gasteiger partial charge in [-0.3, -0.25) is 9.78 Å². The molecule has 1 N–H and O–H groups in total. The van der Waals surface area contributed by atoms with E-state index in [4.69, 9.17) is 21.1 Å². The Bertz CT molecular complexity index is 1790. The smallest absolute Gasteiger partial charge is 0.338 e. The first-order chi connectivity index (χ1) is 17.3. The largest absolute Gasteiger partial charge is 0.494 e. The number of aromatic amines is 1. The molecule has 0 aliphatic rings. The molecule has 0 saturated heterocycles. The van der Waals surface area contributed by atoms with Gasteiger partial charge in [0.1, 0.15) is 4.70 Å². The zero-order chi connectivity index (χ0) is 25.6. The van der Waals surface area contributed by atoms with E-state index in [0.717, 1.165) is 22.0 Å². The zero-order valence-electron chi connectivity index (χ0n) is 18.9. The lowest BCUT2D eigenvalue weighted by atomic mass is 10.1. The molecule has 5 rings (SSSR count). The summed E-state index contributed by atoms with van der Waals surface area (Å²) in [7, 11) is 1.34. The Labute approximate surface area is 211 Å². The monoisotopic (exact) mass is 525 g/mol. The van der Waals surface area contributed by atoms with E-state index in [2.05, 4.69) is 9.97 Å². The first-order valence-corrected chi connectivity index (χ1v) is 11.9. The van der Waals surface area contributed by atoms with Gasteiger partial charge in [0.05, 0.1) is 41.7 Å². The second kappa shape index (κ2) is 9.21. The summed E-state index contributed by atoms with van der Waals surface area (Å²) in [6.07, 6.45) is 2.95. The molecule has 182 valence electrons. The fraction of sp³-hybridized carbons (Fsp3) is 0.120. The van der Waals surface area contributed by atoms with Crippen molar-refractivity contribution >= 4 is 49.9 Å².